The molecule has 1 aliphatic rings. The summed E-state index contributed by atoms with van der Waals surface area (Å²) in [5, 5.41) is 15.3. The summed E-state index contributed by atoms with van der Waals surface area (Å²) in [6.07, 6.45) is 7.74. The molecular formula is C32H32N4O5. The van der Waals surface area contributed by atoms with Crippen LogP contribution >= 0.6 is 0 Å². The number of amides is 3. The molecule has 0 spiro atoms. The maximum Gasteiger partial charge on any atom is 0.267 e. The minimum absolute atomic E-state index is 0.231. The van der Waals surface area contributed by atoms with E-state index in [1.54, 1.807) is 41.9 Å². The molecule has 5 N–H and O–H groups in total. The van der Waals surface area contributed by atoms with Crippen molar-refractivity contribution in [1.29, 1.82) is 0 Å². The molecule has 0 bridgehead atoms. The minimum Gasteiger partial charge on any atom is -0.490 e. The van der Waals surface area contributed by atoms with Crippen LogP contribution in [0.3, 0.4) is 0 Å². The van der Waals surface area contributed by atoms with E-state index >= 15 is 0 Å². The third kappa shape index (κ3) is 7.40. The second-order valence-electron chi connectivity index (χ2n) is 10.1. The average Bonchev–Trinajstić information content (AvgIpc) is 3.65. The third-order valence-electron chi connectivity index (χ3n) is 7.06. The number of hydroxylamine groups is 1. The van der Waals surface area contributed by atoms with Crippen LogP contribution in [-0.4, -0.2) is 40.1 Å². The summed E-state index contributed by atoms with van der Waals surface area (Å²) in [5.41, 5.74) is 4.92. The summed E-state index contributed by atoms with van der Waals surface area (Å²) < 4.78 is 6.01. The number of carbonyl (C=O) groups excluding carboxylic acids is 3. The Balaban J connectivity index is 1.29. The first kappa shape index (κ1) is 27.7. The highest BCUT2D eigenvalue weighted by atomic mass is 16.5. The number of fused-ring (bicyclic) bond motifs is 1. The van der Waals surface area contributed by atoms with Crippen molar-refractivity contribution in [1.82, 2.24) is 15.8 Å². The predicted molar refractivity (Wildman–Crippen MR) is 157 cm³/mol. The zero-order chi connectivity index (χ0) is 28.6. The smallest absolute Gasteiger partial charge is 0.267 e. The lowest BCUT2D eigenvalue weighted by atomic mass is 10.0. The third-order valence-corrected chi connectivity index (χ3v) is 7.06. The van der Waals surface area contributed by atoms with Gasteiger partial charge in [0.25, 0.3) is 11.8 Å². The second kappa shape index (κ2) is 13.0. The fourth-order valence-electron chi connectivity index (χ4n) is 4.94. The van der Waals surface area contributed by atoms with Crippen LogP contribution in [0.1, 0.15) is 47.3 Å². The summed E-state index contributed by atoms with van der Waals surface area (Å²) in [5.74, 6) is -0.602. The summed E-state index contributed by atoms with van der Waals surface area (Å²) >= 11 is 0. The van der Waals surface area contributed by atoms with Crippen LogP contribution in [-0.2, 0) is 16.0 Å². The number of aromatic nitrogens is 1. The molecule has 3 amide bonds. The van der Waals surface area contributed by atoms with E-state index in [1.165, 1.54) is 25.0 Å². The number of carbonyl (C=O) groups is 3. The average molecular weight is 553 g/mol. The van der Waals surface area contributed by atoms with Gasteiger partial charge in [-0.1, -0.05) is 30.3 Å². The van der Waals surface area contributed by atoms with Crippen LogP contribution in [0.4, 0.5) is 5.69 Å². The largest absolute Gasteiger partial charge is 0.490 e. The van der Waals surface area contributed by atoms with Crippen LogP contribution in [0.25, 0.3) is 17.0 Å². The van der Waals surface area contributed by atoms with Gasteiger partial charge < -0.3 is 20.4 Å². The van der Waals surface area contributed by atoms with Gasteiger partial charge in [0.1, 0.15) is 11.8 Å². The second-order valence-corrected chi connectivity index (χ2v) is 10.1. The maximum absolute atomic E-state index is 13.5. The maximum atomic E-state index is 13.5. The Morgan fingerprint density at radius 1 is 0.976 bits per heavy atom. The predicted octanol–water partition coefficient (Wildman–Crippen LogP) is 4.99. The van der Waals surface area contributed by atoms with Crippen LogP contribution in [0, 0.1) is 0 Å². The molecule has 9 nitrogen and oxygen atoms in total. The number of rotatable bonds is 10. The van der Waals surface area contributed by atoms with Crippen molar-refractivity contribution < 1.29 is 24.3 Å². The van der Waals surface area contributed by atoms with Gasteiger partial charge in [-0.2, -0.15) is 0 Å². The first-order valence-corrected chi connectivity index (χ1v) is 13.6. The molecule has 1 unspecified atom stereocenters. The molecule has 1 fully saturated rings. The molecule has 3 aromatic carbocycles. The number of benzene rings is 3. The van der Waals surface area contributed by atoms with Crippen LogP contribution in [0.2, 0.25) is 0 Å². The Morgan fingerprint density at radius 3 is 2.46 bits per heavy atom. The molecular weight excluding hydrogens is 520 g/mol. The SMILES string of the molecule is O=C(/C=C/c1cc2cc(NC(=O)C(Cc3ccccc3)NC(=O)c3ccc(OC4CCCC4)cc3)ccc2[nH]1)NO. The van der Waals surface area contributed by atoms with Crippen LogP contribution in [0.5, 0.6) is 5.75 Å². The summed E-state index contributed by atoms with van der Waals surface area (Å²) in [6.45, 7) is 0. The zero-order valence-corrected chi connectivity index (χ0v) is 22.4. The fourth-order valence-corrected chi connectivity index (χ4v) is 4.94. The molecule has 1 atom stereocenters. The van der Waals surface area contributed by atoms with Crippen molar-refractivity contribution in [2.75, 3.05) is 5.32 Å². The van der Waals surface area contributed by atoms with E-state index in [-0.39, 0.29) is 17.9 Å². The molecule has 1 saturated carbocycles. The van der Waals surface area contributed by atoms with Gasteiger partial charge in [0, 0.05) is 40.3 Å². The van der Waals surface area contributed by atoms with Gasteiger partial charge in [0.15, 0.2) is 0 Å². The highest BCUT2D eigenvalue weighted by Crippen LogP contribution is 2.25. The quantitative estimate of drug-likeness (QED) is 0.107. The molecule has 1 heterocycles. The summed E-state index contributed by atoms with van der Waals surface area (Å²) in [7, 11) is 0. The molecule has 9 heteroatoms. The molecule has 41 heavy (non-hydrogen) atoms. The number of hydrogen-bond acceptors (Lipinski definition) is 5. The Hall–Kier alpha value is -4.89. The summed E-state index contributed by atoms with van der Waals surface area (Å²) in [4.78, 5) is 41.1. The van der Waals surface area contributed by atoms with E-state index in [9.17, 15) is 14.4 Å². The van der Waals surface area contributed by atoms with E-state index < -0.39 is 11.9 Å². The Bertz CT molecular complexity index is 1540. The first-order valence-electron chi connectivity index (χ1n) is 13.6. The van der Waals surface area contributed by atoms with Crippen molar-refractivity contribution >= 4 is 40.4 Å². The molecule has 1 aliphatic carbocycles. The van der Waals surface area contributed by atoms with Gasteiger partial charge in [0.05, 0.1) is 6.10 Å². The molecule has 210 valence electrons. The highest BCUT2D eigenvalue weighted by Gasteiger charge is 2.23. The number of anilines is 1. The standard InChI is InChI=1S/C32H32N4O5/c37-30(36-40)17-13-24-19-23-20-25(12-16-28(23)33-24)34-32(39)29(18-21-6-2-1-3-7-21)35-31(38)22-10-14-27(15-11-22)41-26-8-4-5-9-26/h1-3,6-7,10-17,19-20,26,29,33,40H,4-5,8-9,18H2,(H,34,39)(H,35,38)(H,36,37)/b17-13+. The molecule has 0 radical (unpaired) electrons. The first-order chi connectivity index (χ1) is 20.0. The zero-order valence-electron chi connectivity index (χ0n) is 22.4. The van der Waals surface area contributed by atoms with Crippen LogP contribution < -0.4 is 20.9 Å². The van der Waals surface area contributed by atoms with Gasteiger partial charge in [-0.25, -0.2) is 5.48 Å². The Morgan fingerprint density at radius 2 is 1.73 bits per heavy atom. The lowest BCUT2D eigenvalue weighted by Gasteiger charge is -2.19. The molecule has 5 rings (SSSR count). The highest BCUT2D eigenvalue weighted by molar-refractivity contribution is 6.02. The van der Waals surface area contributed by atoms with E-state index in [2.05, 4.69) is 15.6 Å². The number of ether oxygens (including phenoxy) is 1. The van der Waals surface area contributed by atoms with Crippen LogP contribution in [0.15, 0.2) is 84.9 Å². The molecule has 0 saturated heterocycles. The van der Waals surface area contributed by atoms with Crippen molar-refractivity contribution in [3.63, 3.8) is 0 Å². The number of aromatic amines is 1. The Labute approximate surface area is 237 Å². The Kier molecular flexibility index (Phi) is 8.76. The number of nitrogens with one attached hydrogen (secondary N) is 4. The van der Waals surface area contributed by atoms with Gasteiger partial charge in [-0.15, -0.1) is 0 Å². The summed E-state index contributed by atoms with van der Waals surface area (Å²) in [6, 6.07) is 22.9. The van der Waals surface area contributed by atoms with Crippen molar-refractivity contribution in [3.05, 3.63) is 102 Å². The lowest BCUT2D eigenvalue weighted by molar-refractivity contribution is -0.124. The lowest BCUT2D eigenvalue weighted by Crippen LogP contribution is -2.45. The normalized spacial score (nSPS) is 14.2. The van der Waals surface area contributed by atoms with Crippen molar-refractivity contribution in [3.8, 4) is 5.75 Å². The molecule has 0 aliphatic heterocycles. The molecule has 4 aromatic rings. The topological polar surface area (TPSA) is 133 Å². The molecule has 1 aromatic heterocycles. The van der Waals surface area contributed by atoms with Crippen molar-refractivity contribution in [2.24, 2.45) is 0 Å². The fraction of sp³-hybridized carbons (Fsp3) is 0.219. The van der Waals surface area contributed by atoms with Gasteiger partial charge in [-0.3, -0.25) is 19.6 Å². The van der Waals surface area contributed by atoms with Gasteiger partial charge in [0.2, 0.25) is 5.91 Å². The minimum atomic E-state index is -0.822. The number of hydrogen-bond donors (Lipinski definition) is 5. The van der Waals surface area contributed by atoms with E-state index in [0.29, 0.717) is 23.4 Å². The van der Waals surface area contributed by atoms with Crippen molar-refractivity contribution in [2.45, 2.75) is 44.2 Å². The van der Waals surface area contributed by atoms with E-state index in [1.807, 2.05) is 42.5 Å². The van der Waals surface area contributed by atoms with E-state index in [0.717, 1.165) is 35.1 Å². The number of H-pyrrole nitrogens is 1. The monoisotopic (exact) mass is 552 g/mol. The van der Waals surface area contributed by atoms with Gasteiger partial charge >= 0.3 is 0 Å². The van der Waals surface area contributed by atoms with E-state index in [4.69, 9.17) is 9.94 Å². The van der Waals surface area contributed by atoms with Gasteiger partial charge in [-0.05, 0) is 85.9 Å².